The van der Waals surface area contributed by atoms with Crippen LogP contribution >= 0.6 is 0 Å². The van der Waals surface area contributed by atoms with Crippen molar-refractivity contribution >= 4 is 29.2 Å². The first kappa shape index (κ1) is 26.1. The molecule has 4 N–H and O–H groups in total. The number of halogens is 3. The molecule has 0 fully saturated rings. The second kappa shape index (κ2) is 12.2. The van der Waals surface area contributed by atoms with Crippen molar-refractivity contribution in [2.75, 3.05) is 16.8 Å². The van der Waals surface area contributed by atoms with Crippen molar-refractivity contribution < 1.29 is 32.7 Å². The second-order valence-corrected chi connectivity index (χ2v) is 6.85. The minimum absolute atomic E-state index is 0.0927. The Kier molecular flexibility index (Phi) is 9.33. The number of aliphatic carboxylic acids is 1. The summed E-state index contributed by atoms with van der Waals surface area (Å²) in [5, 5.41) is 9.94. The summed E-state index contributed by atoms with van der Waals surface area (Å²) in [6.07, 6.45) is -5.08. The van der Waals surface area contributed by atoms with Gasteiger partial charge in [-0.1, -0.05) is 48.5 Å². The molecule has 0 spiro atoms. The molecule has 0 unspecified atom stereocenters. The fraction of sp³-hybridized carbons (Fsp3) is 0.125. The first-order chi connectivity index (χ1) is 16.1. The number of nitrogens with two attached hydrogens (primary N) is 1. The average molecular weight is 473 g/mol. The highest BCUT2D eigenvalue weighted by Gasteiger charge is 2.38. The standard InChI is InChI=1S/C22H21N3O2.C2HF3O2/c23-15-17-8-7-9-18(14-17)22(27)25(20-12-5-2-6-13-20)16-21(26)24-19-10-3-1-4-11-19;3-2(4,5)1(6)7/h1-14H,15-16,23H2,(H,24,26);(H,6,7). The minimum atomic E-state index is -5.08. The van der Waals surface area contributed by atoms with Crippen LogP contribution in [0.3, 0.4) is 0 Å². The van der Waals surface area contributed by atoms with E-state index in [9.17, 15) is 22.8 Å². The number of alkyl halides is 3. The normalized spacial score (nSPS) is 10.5. The van der Waals surface area contributed by atoms with Crippen molar-refractivity contribution in [3.05, 3.63) is 96.1 Å². The molecule has 0 aliphatic carbocycles. The summed E-state index contributed by atoms with van der Waals surface area (Å²) in [6.45, 7) is 0.255. The number of para-hydroxylation sites is 2. The van der Waals surface area contributed by atoms with E-state index in [0.717, 1.165) is 5.56 Å². The van der Waals surface area contributed by atoms with Crippen molar-refractivity contribution in [3.63, 3.8) is 0 Å². The molecule has 3 aromatic carbocycles. The number of nitrogens with zero attached hydrogens (tertiary/aromatic N) is 1. The summed E-state index contributed by atoms with van der Waals surface area (Å²) in [5.41, 5.74) is 8.39. The van der Waals surface area contributed by atoms with Gasteiger partial charge in [-0.2, -0.15) is 13.2 Å². The molecule has 0 bridgehead atoms. The number of hydrogen-bond acceptors (Lipinski definition) is 4. The third kappa shape index (κ3) is 8.06. The molecule has 0 atom stereocenters. The van der Waals surface area contributed by atoms with Crippen LogP contribution in [-0.2, 0) is 16.1 Å². The third-order valence-electron chi connectivity index (χ3n) is 4.32. The fourth-order valence-electron chi connectivity index (χ4n) is 2.74. The smallest absolute Gasteiger partial charge is 0.475 e. The molecule has 3 rings (SSSR count). The van der Waals surface area contributed by atoms with E-state index >= 15 is 0 Å². The molecule has 0 radical (unpaired) electrons. The Bertz CT molecular complexity index is 1110. The molecule has 3 aromatic rings. The van der Waals surface area contributed by atoms with Gasteiger partial charge in [0.2, 0.25) is 5.91 Å². The maximum Gasteiger partial charge on any atom is 0.490 e. The summed E-state index contributed by atoms with van der Waals surface area (Å²) in [5.74, 6) is -3.28. The number of carboxylic acids is 1. The van der Waals surface area contributed by atoms with E-state index in [-0.39, 0.29) is 18.4 Å². The average Bonchev–Trinajstić information content (AvgIpc) is 2.83. The van der Waals surface area contributed by atoms with E-state index in [1.54, 1.807) is 42.5 Å². The van der Waals surface area contributed by atoms with Crippen LogP contribution in [0.25, 0.3) is 0 Å². The number of rotatable bonds is 6. The summed E-state index contributed by atoms with van der Waals surface area (Å²) in [6, 6.07) is 25.5. The summed E-state index contributed by atoms with van der Waals surface area (Å²) in [4.78, 5) is 36.0. The van der Waals surface area contributed by atoms with Crippen molar-refractivity contribution in [1.29, 1.82) is 0 Å². The highest BCUT2D eigenvalue weighted by Crippen LogP contribution is 2.18. The molecule has 0 heterocycles. The van der Waals surface area contributed by atoms with Crippen LogP contribution in [-0.4, -0.2) is 35.6 Å². The molecule has 34 heavy (non-hydrogen) atoms. The van der Waals surface area contributed by atoms with Crippen molar-refractivity contribution in [2.45, 2.75) is 12.7 Å². The SMILES string of the molecule is NCc1cccc(C(=O)N(CC(=O)Nc2ccccc2)c2ccccc2)c1.O=C(O)C(F)(F)F. The maximum absolute atomic E-state index is 13.1. The topological polar surface area (TPSA) is 113 Å². The van der Waals surface area contributed by atoms with Crippen molar-refractivity contribution in [2.24, 2.45) is 5.73 Å². The number of carbonyl (C=O) groups is 3. The first-order valence-corrected chi connectivity index (χ1v) is 9.92. The van der Waals surface area contributed by atoms with E-state index in [4.69, 9.17) is 15.6 Å². The van der Waals surface area contributed by atoms with E-state index in [0.29, 0.717) is 23.5 Å². The van der Waals surface area contributed by atoms with Gasteiger partial charge in [0, 0.05) is 23.5 Å². The van der Waals surface area contributed by atoms with Gasteiger partial charge >= 0.3 is 12.1 Å². The fourth-order valence-corrected chi connectivity index (χ4v) is 2.74. The molecule has 0 saturated carbocycles. The Hall–Kier alpha value is -4.18. The summed E-state index contributed by atoms with van der Waals surface area (Å²) >= 11 is 0. The molecule has 7 nitrogen and oxygen atoms in total. The van der Waals surface area contributed by atoms with Crippen LogP contribution in [0.5, 0.6) is 0 Å². The largest absolute Gasteiger partial charge is 0.490 e. The van der Waals surface area contributed by atoms with Crippen LogP contribution in [0.4, 0.5) is 24.5 Å². The second-order valence-electron chi connectivity index (χ2n) is 6.85. The van der Waals surface area contributed by atoms with Gasteiger partial charge in [0.1, 0.15) is 6.54 Å². The van der Waals surface area contributed by atoms with Gasteiger partial charge in [-0.25, -0.2) is 4.79 Å². The lowest BCUT2D eigenvalue weighted by Crippen LogP contribution is -2.38. The minimum Gasteiger partial charge on any atom is -0.475 e. The Labute approximate surface area is 193 Å². The Morgan fingerprint density at radius 3 is 1.97 bits per heavy atom. The zero-order chi connectivity index (χ0) is 25.1. The van der Waals surface area contributed by atoms with Gasteiger partial charge in [-0.05, 0) is 42.0 Å². The molecule has 2 amide bonds. The zero-order valence-corrected chi connectivity index (χ0v) is 17.8. The number of carboxylic acid groups (broad SMARTS) is 1. The van der Waals surface area contributed by atoms with Gasteiger partial charge in [0.25, 0.3) is 5.91 Å². The van der Waals surface area contributed by atoms with Crippen molar-refractivity contribution in [1.82, 2.24) is 0 Å². The highest BCUT2D eigenvalue weighted by atomic mass is 19.4. The molecule has 0 aliphatic heterocycles. The number of amides is 2. The molecular formula is C24H22F3N3O4. The highest BCUT2D eigenvalue weighted by molar-refractivity contribution is 6.10. The van der Waals surface area contributed by atoms with Crippen LogP contribution in [0.1, 0.15) is 15.9 Å². The van der Waals surface area contributed by atoms with Crippen LogP contribution in [0.15, 0.2) is 84.9 Å². The summed E-state index contributed by atoms with van der Waals surface area (Å²) < 4.78 is 31.7. The number of benzene rings is 3. The number of nitrogens with one attached hydrogen (secondary N) is 1. The lowest BCUT2D eigenvalue weighted by Gasteiger charge is -2.23. The van der Waals surface area contributed by atoms with Crippen LogP contribution in [0.2, 0.25) is 0 Å². The monoisotopic (exact) mass is 473 g/mol. The first-order valence-electron chi connectivity index (χ1n) is 9.92. The van der Waals surface area contributed by atoms with Crippen LogP contribution in [0, 0.1) is 0 Å². The molecule has 178 valence electrons. The molecule has 0 aromatic heterocycles. The van der Waals surface area contributed by atoms with E-state index in [2.05, 4.69) is 5.32 Å². The van der Waals surface area contributed by atoms with Crippen LogP contribution < -0.4 is 16.0 Å². The molecule has 10 heteroatoms. The van der Waals surface area contributed by atoms with Gasteiger partial charge < -0.3 is 16.2 Å². The van der Waals surface area contributed by atoms with Crippen molar-refractivity contribution in [3.8, 4) is 0 Å². The maximum atomic E-state index is 13.1. The molecule has 0 saturated heterocycles. The van der Waals surface area contributed by atoms with Gasteiger partial charge in [-0.15, -0.1) is 0 Å². The number of hydrogen-bond donors (Lipinski definition) is 3. The van der Waals surface area contributed by atoms with Gasteiger partial charge in [0.15, 0.2) is 0 Å². The quantitative estimate of drug-likeness (QED) is 0.500. The Morgan fingerprint density at radius 2 is 1.44 bits per heavy atom. The predicted octanol–water partition coefficient (Wildman–Crippen LogP) is 4.06. The lowest BCUT2D eigenvalue weighted by molar-refractivity contribution is -0.192. The lowest BCUT2D eigenvalue weighted by atomic mass is 10.1. The molecular weight excluding hydrogens is 451 g/mol. The van der Waals surface area contributed by atoms with E-state index in [1.807, 2.05) is 42.5 Å². The number of anilines is 2. The number of carbonyl (C=O) groups excluding carboxylic acids is 2. The zero-order valence-electron chi connectivity index (χ0n) is 17.8. The third-order valence-corrected chi connectivity index (χ3v) is 4.32. The van der Waals surface area contributed by atoms with Gasteiger partial charge in [-0.3, -0.25) is 14.5 Å². The van der Waals surface area contributed by atoms with E-state index in [1.165, 1.54) is 4.90 Å². The predicted molar refractivity (Wildman–Crippen MR) is 121 cm³/mol. The Balaban J connectivity index is 0.000000509. The van der Waals surface area contributed by atoms with E-state index < -0.39 is 12.1 Å². The summed E-state index contributed by atoms with van der Waals surface area (Å²) in [7, 11) is 0. The Morgan fingerprint density at radius 1 is 0.882 bits per heavy atom. The van der Waals surface area contributed by atoms with Gasteiger partial charge in [0.05, 0.1) is 0 Å². The molecule has 0 aliphatic rings.